The Bertz CT molecular complexity index is 284. The van der Waals surface area contributed by atoms with Crippen molar-refractivity contribution in [2.75, 3.05) is 0 Å². The van der Waals surface area contributed by atoms with Gasteiger partial charge in [-0.15, -0.1) is 0 Å². The second-order valence-electron chi connectivity index (χ2n) is 4.48. The van der Waals surface area contributed by atoms with E-state index in [4.69, 9.17) is 0 Å². The molecule has 1 rings (SSSR count). The Morgan fingerprint density at radius 1 is 1.06 bits per heavy atom. The quantitative estimate of drug-likeness (QED) is 0.427. The number of hydrogen-bond acceptors (Lipinski definition) is 0. The largest absolute Gasteiger partial charge is 0.0888 e. The normalized spacial score (nSPS) is 13.1. The summed E-state index contributed by atoms with van der Waals surface area (Å²) >= 11 is 0. The topological polar surface area (TPSA) is 0 Å². The molecule has 1 aromatic rings. The number of benzene rings is 1. The lowest BCUT2D eigenvalue weighted by Gasteiger charge is -2.10. The average molecular weight is 216 g/mol. The summed E-state index contributed by atoms with van der Waals surface area (Å²) in [4.78, 5) is 0. The first-order valence-corrected chi connectivity index (χ1v) is 6.54. The summed E-state index contributed by atoms with van der Waals surface area (Å²) in [5.74, 6) is 0.705. The molecule has 88 valence electrons. The molecule has 0 fully saturated rings. The monoisotopic (exact) mass is 216 g/mol. The number of hydrogen-bond donors (Lipinski definition) is 0. The molecule has 0 aliphatic heterocycles. The van der Waals surface area contributed by atoms with Crippen LogP contribution >= 0.6 is 0 Å². The Kier molecular flexibility index (Phi) is 6.64. The van der Waals surface area contributed by atoms with Crippen LogP contribution in [0.3, 0.4) is 0 Å². The van der Waals surface area contributed by atoms with Crippen LogP contribution in [0.4, 0.5) is 0 Å². The summed E-state index contributed by atoms with van der Waals surface area (Å²) in [6.07, 6.45) is 11.0. The second kappa shape index (κ2) is 8.15. The van der Waals surface area contributed by atoms with Crippen LogP contribution in [0.25, 0.3) is 0 Å². The first-order valence-electron chi connectivity index (χ1n) is 6.54. The van der Waals surface area contributed by atoms with Crippen LogP contribution in [0, 0.1) is 0 Å². The molecule has 0 aliphatic carbocycles. The van der Waals surface area contributed by atoms with Crippen molar-refractivity contribution in [1.82, 2.24) is 0 Å². The van der Waals surface area contributed by atoms with Crippen molar-refractivity contribution in [1.29, 1.82) is 0 Å². The molecule has 0 aliphatic rings. The van der Waals surface area contributed by atoms with E-state index in [1.54, 1.807) is 0 Å². The molecule has 0 amide bonds. The maximum atomic E-state index is 2.33. The zero-order valence-corrected chi connectivity index (χ0v) is 10.7. The van der Waals surface area contributed by atoms with Gasteiger partial charge in [0.1, 0.15) is 0 Å². The van der Waals surface area contributed by atoms with Gasteiger partial charge in [0.2, 0.25) is 0 Å². The van der Waals surface area contributed by atoms with Gasteiger partial charge in [-0.1, -0.05) is 62.8 Å². The highest BCUT2D eigenvalue weighted by Crippen LogP contribution is 2.21. The van der Waals surface area contributed by atoms with E-state index in [0.29, 0.717) is 5.92 Å². The highest BCUT2D eigenvalue weighted by atomic mass is 14.1. The standard InChI is InChI=1S/C16H24/c1-3-4-5-6-7-9-12-15(2)16-13-10-8-11-14-16/h4-5,8,10-11,13-15H,3,6-7,9,12H2,1-2H3. The maximum Gasteiger partial charge on any atom is -0.0190 e. The van der Waals surface area contributed by atoms with Crippen LogP contribution in [0.2, 0.25) is 0 Å². The smallest absolute Gasteiger partial charge is 0.0190 e. The second-order valence-corrected chi connectivity index (χ2v) is 4.48. The Morgan fingerprint density at radius 2 is 1.81 bits per heavy atom. The van der Waals surface area contributed by atoms with E-state index >= 15 is 0 Å². The minimum absolute atomic E-state index is 0.705. The minimum Gasteiger partial charge on any atom is -0.0888 e. The van der Waals surface area contributed by atoms with Crippen molar-refractivity contribution in [2.45, 2.75) is 51.9 Å². The van der Waals surface area contributed by atoms with Crippen molar-refractivity contribution in [3.8, 4) is 0 Å². The van der Waals surface area contributed by atoms with Gasteiger partial charge in [0.15, 0.2) is 0 Å². The van der Waals surface area contributed by atoms with Crippen molar-refractivity contribution in [3.05, 3.63) is 48.0 Å². The average Bonchev–Trinajstić information content (AvgIpc) is 2.34. The SMILES string of the molecule is CCC=CCCCCC(C)c1ccccc1. The third-order valence-corrected chi connectivity index (χ3v) is 3.03. The molecule has 0 nitrogen and oxygen atoms in total. The van der Waals surface area contributed by atoms with E-state index in [1.807, 2.05) is 0 Å². The predicted octanol–water partition coefficient (Wildman–Crippen LogP) is 5.32. The molecule has 0 N–H and O–H groups in total. The molecular weight excluding hydrogens is 192 g/mol. The van der Waals surface area contributed by atoms with E-state index in [9.17, 15) is 0 Å². The fraction of sp³-hybridized carbons (Fsp3) is 0.500. The van der Waals surface area contributed by atoms with Gasteiger partial charge >= 0.3 is 0 Å². The van der Waals surface area contributed by atoms with Crippen molar-refractivity contribution < 1.29 is 0 Å². The van der Waals surface area contributed by atoms with Gasteiger partial charge in [-0.2, -0.15) is 0 Å². The van der Waals surface area contributed by atoms with Crippen LogP contribution in [-0.2, 0) is 0 Å². The molecule has 16 heavy (non-hydrogen) atoms. The molecule has 0 saturated carbocycles. The Balaban J connectivity index is 2.16. The van der Waals surface area contributed by atoms with Gasteiger partial charge in [0.25, 0.3) is 0 Å². The summed E-state index contributed by atoms with van der Waals surface area (Å²) in [6.45, 7) is 4.52. The van der Waals surface area contributed by atoms with Crippen LogP contribution in [0.15, 0.2) is 42.5 Å². The molecule has 1 atom stereocenters. The number of rotatable bonds is 7. The van der Waals surface area contributed by atoms with Crippen LogP contribution in [-0.4, -0.2) is 0 Å². The van der Waals surface area contributed by atoms with Crippen LogP contribution in [0.5, 0.6) is 0 Å². The first-order chi connectivity index (χ1) is 7.84. The van der Waals surface area contributed by atoms with Crippen molar-refractivity contribution in [3.63, 3.8) is 0 Å². The summed E-state index contributed by atoms with van der Waals surface area (Å²) < 4.78 is 0. The van der Waals surface area contributed by atoms with Crippen molar-refractivity contribution in [2.24, 2.45) is 0 Å². The van der Waals surface area contributed by atoms with E-state index in [2.05, 4.69) is 56.3 Å². The first kappa shape index (κ1) is 13.0. The summed E-state index contributed by atoms with van der Waals surface area (Å²) in [5.41, 5.74) is 1.48. The molecule has 0 bridgehead atoms. The summed E-state index contributed by atoms with van der Waals surface area (Å²) in [6, 6.07) is 10.8. The summed E-state index contributed by atoms with van der Waals surface area (Å²) in [7, 11) is 0. The van der Waals surface area contributed by atoms with Gasteiger partial charge in [0.05, 0.1) is 0 Å². The van der Waals surface area contributed by atoms with Gasteiger partial charge in [-0.3, -0.25) is 0 Å². The van der Waals surface area contributed by atoms with E-state index < -0.39 is 0 Å². The Labute approximate surface area is 100 Å². The van der Waals surface area contributed by atoms with E-state index in [-0.39, 0.29) is 0 Å². The molecule has 0 heterocycles. The highest BCUT2D eigenvalue weighted by Gasteiger charge is 2.03. The highest BCUT2D eigenvalue weighted by molar-refractivity contribution is 5.18. The van der Waals surface area contributed by atoms with Gasteiger partial charge < -0.3 is 0 Å². The lowest BCUT2D eigenvalue weighted by atomic mass is 9.95. The van der Waals surface area contributed by atoms with E-state index in [1.165, 1.54) is 37.7 Å². The predicted molar refractivity (Wildman–Crippen MR) is 72.8 cm³/mol. The molecule has 0 saturated heterocycles. The number of unbranched alkanes of at least 4 members (excludes halogenated alkanes) is 2. The molecule has 0 radical (unpaired) electrons. The number of allylic oxidation sites excluding steroid dienone is 2. The zero-order chi connectivity index (χ0) is 11.6. The van der Waals surface area contributed by atoms with Crippen LogP contribution < -0.4 is 0 Å². The van der Waals surface area contributed by atoms with Gasteiger partial charge in [0, 0.05) is 0 Å². The third kappa shape index (κ3) is 5.16. The molecule has 0 spiro atoms. The minimum atomic E-state index is 0.705. The lowest BCUT2D eigenvalue weighted by Crippen LogP contribution is -1.92. The van der Waals surface area contributed by atoms with Gasteiger partial charge in [-0.25, -0.2) is 0 Å². The Hall–Kier alpha value is -1.04. The lowest BCUT2D eigenvalue weighted by molar-refractivity contribution is 0.608. The third-order valence-electron chi connectivity index (χ3n) is 3.03. The molecule has 1 aromatic carbocycles. The van der Waals surface area contributed by atoms with Crippen molar-refractivity contribution >= 4 is 0 Å². The zero-order valence-electron chi connectivity index (χ0n) is 10.7. The molecular formula is C16H24. The maximum absolute atomic E-state index is 2.33. The Morgan fingerprint density at radius 3 is 2.50 bits per heavy atom. The summed E-state index contributed by atoms with van der Waals surface area (Å²) in [5, 5.41) is 0. The molecule has 0 aromatic heterocycles. The van der Waals surface area contributed by atoms with Gasteiger partial charge in [-0.05, 0) is 37.2 Å². The fourth-order valence-corrected chi connectivity index (χ4v) is 1.95. The molecule has 0 heteroatoms. The van der Waals surface area contributed by atoms with E-state index in [0.717, 1.165) is 0 Å². The molecule has 1 unspecified atom stereocenters. The van der Waals surface area contributed by atoms with Crippen LogP contribution in [0.1, 0.15) is 57.4 Å². The fourth-order valence-electron chi connectivity index (χ4n) is 1.95.